The molecule has 202 valence electrons. The third-order valence-corrected chi connectivity index (χ3v) is 9.78. The van der Waals surface area contributed by atoms with E-state index in [0.717, 1.165) is 36.1 Å². The molecule has 4 aromatic rings. The third kappa shape index (κ3) is 5.30. The van der Waals surface area contributed by atoms with Crippen LogP contribution in [0.15, 0.2) is 48.5 Å². The van der Waals surface area contributed by atoms with E-state index in [0.29, 0.717) is 54.3 Å². The van der Waals surface area contributed by atoms with Crippen molar-refractivity contribution in [2.24, 2.45) is 11.3 Å². The zero-order valence-corrected chi connectivity index (χ0v) is 24.7. The number of methoxy groups -OCH3 is 1. The molecule has 2 aromatic heterocycles. The number of esters is 1. The molecule has 0 spiro atoms. The van der Waals surface area contributed by atoms with E-state index in [9.17, 15) is 9.59 Å². The van der Waals surface area contributed by atoms with E-state index < -0.39 is 5.97 Å². The molecular weight excluding hydrogens is 551 g/mol. The third-order valence-electron chi connectivity index (χ3n) is 8.07. The lowest BCUT2D eigenvalue weighted by Crippen LogP contribution is -2.28. The summed E-state index contributed by atoms with van der Waals surface area (Å²) in [5, 5.41) is 5.25. The number of nitrogens with one attached hydrogen (secondary N) is 1. The van der Waals surface area contributed by atoms with Crippen LogP contribution in [0.25, 0.3) is 22.2 Å². The summed E-state index contributed by atoms with van der Waals surface area (Å²) in [6.45, 7) is 6.83. The summed E-state index contributed by atoms with van der Waals surface area (Å²) in [5.74, 6) is -0.239. The predicted octanol–water partition coefficient (Wildman–Crippen LogP) is 8.85. The van der Waals surface area contributed by atoms with Gasteiger partial charge in [-0.2, -0.15) is 0 Å². The average molecular weight is 582 g/mol. The van der Waals surface area contributed by atoms with E-state index in [1.165, 1.54) is 18.4 Å². The quantitative estimate of drug-likeness (QED) is 0.231. The van der Waals surface area contributed by atoms with Crippen molar-refractivity contribution in [1.82, 2.24) is 4.98 Å². The molecule has 1 amide bonds. The number of para-hydroxylation sites is 1. The van der Waals surface area contributed by atoms with Gasteiger partial charge >= 0.3 is 5.97 Å². The van der Waals surface area contributed by atoms with Gasteiger partial charge in [-0.3, -0.25) is 4.79 Å². The fraction of sp³-hybridized carbons (Fsp3) is 0.323. The highest BCUT2D eigenvalue weighted by Crippen LogP contribution is 2.46. The monoisotopic (exact) mass is 580 g/mol. The van der Waals surface area contributed by atoms with E-state index in [-0.39, 0.29) is 11.3 Å². The van der Waals surface area contributed by atoms with Crippen molar-refractivity contribution in [2.45, 2.75) is 46.5 Å². The molecule has 0 saturated heterocycles. The normalized spacial score (nSPS) is 15.2. The van der Waals surface area contributed by atoms with Gasteiger partial charge in [0.1, 0.15) is 5.00 Å². The molecule has 0 fully saturated rings. The summed E-state index contributed by atoms with van der Waals surface area (Å²) >= 11 is 14.1. The number of fused-ring (bicyclic) bond motifs is 2. The Bertz CT molecular complexity index is 1590. The van der Waals surface area contributed by atoms with Crippen LogP contribution in [0.1, 0.15) is 64.8 Å². The molecule has 1 unspecified atom stereocenters. The first-order chi connectivity index (χ1) is 18.6. The molecule has 2 heterocycles. The Labute approximate surface area is 242 Å². The maximum Gasteiger partial charge on any atom is 0.341 e. The highest BCUT2D eigenvalue weighted by atomic mass is 35.5. The number of carbonyl (C=O) groups is 2. The number of pyridine rings is 1. The SMILES string of the molecule is CCC(C)(C)C1CCc2c(sc(NC(=O)c3cc(-c4ccc(Cl)cc4Cl)nc4ccccc34)c2C(=O)OC)C1. The number of nitrogens with zero attached hydrogens (tertiary/aromatic N) is 1. The topological polar surface area (TPSA) is 68.3 Å². The van der Waals surface area contributed by atoms with E-state index in [2.05, 4.69) is 26.1 Å². The summed E-state index contributed by atoms with van der Waals surface area (Å²) in [6.07, 6.45) is 3.76. The highest BCUT2D eigenvalue weighted by Gasteiger charge is 2.35. The van der Waals surface area contributed by atoms with Crippen LogP contribution in [0.2, 0.25) is 10.0 Å². The second kappa shape index (κ2) is 10.9. The fourth-order valence-electron chi connectivity index (χ4n) is 5.32. The fourth-order valence-corrected chi connectivity index (χ4v) is 7.13. The zero-order chi connectivity index (χ0) is 27.9. The van der Waals surface area contributed by atoms with Gasteiger partial charge in [-0.1, -0.05) is 68.6 Å². The van der Waals surface area contributed by atoms with Crippen LogP contribution in [0.3, 0.4) is 0 Å². The summed E-state index contributed by atoms with van der Waals surface area (Å²) < 4.78 is 5.15. The van der Waals surface area contributed by atoms with Crippen molar-refractivity contribution in [3.05, 3.63) is 80.1 Å². The molecule has 39 heavy (non-hydrogen) atoms. The maximum absolute atomic E-state index is 13.9. The number of hydrogen-bond acceptors (Lipinski definition) is 5. The lowest BCUT2D eigenvalue weighted by molar-refractivity contribution is 0.0600. The van der Waals surface area contributed by atoms with Gasteiger partial charge in [0.05, 0.1) is 34.5 Å². The van der Waals surface area contributed by atoms with Crippen LogP contribution >= 0.6 is 34.5 Å². The molecular formula is C31H30Cl2N2O3S. The summed E-state index contributed by atoms with van der Waals surface area (Å²) in [4.78, 5) is 32.7. The highest BCUT2D eigenvalue weighted by molar-refractivity contribution is 7.17. The predicted molar refractivity (Wildman–Crippen MR) is 160 cm³/mol. The largest absolute Gasteiger partial charge is 0.465 e. The maximum atomic E-state index is 13.9. The van der Waals surface area contributed by atoms with Crippen LogP contribution in [0, 0.1) is 11.3 Å². The minimum Gasteiger partial charge on any atom is -0.465 e. The Morgan fingerprint density at radius 3 is 2.64 bits per heavy atom. The summed E-state index contributed by atoms with van der Waals surface area (Å²) in [7, 11) is 1.38. The molecule has 0 bridgehead atoms. The average Bonchev–Trinajstić information content (AvgIpc) is 3.28. The van der Waals surface area contributed by atoms with Crippen molar-refractivity contribution in [2.75, 3.05) is 12.4 Å². The summed E-state index contributed by atoms with van der Waals surface area (Å²) in [6, 6.07) is 14.4. The Morgan fingerprint density at radius 1 is 1.15 bits per heavy atom. The van der Waals surface area contributed by atoms with Gasteiger partial charge in [0.2, 0.25) is 0 Å². The molecule has 1 aliphatic carbocycles. The lowest BCUT2D eigenvalue weighted by atomic mass is 9.69. The number of anilines is 1. The minimum absolute atomic E-state index is 0.200. The van der Waals surface area contributed by atoms with Gasteiger partial charge < -0.3 is 10.1 Å². The number of ether oxygens (including phenoxy) is 1. The number of rotatable bonds is 6. The van der Waals surface area contributed by atoms with Crippen molar-refractivity contribution in [3.8, 4) is 11.3 Å². The van der Waals surface area contributed by atoms with Crippen molar-refractivity contribution >= 4 is 62.3 Å². The van der Waals surface area contributed by atoms with E-state index in [1.807, 2.05) is 24.3 Å². The van der Waals surface area contributed by atoms with E-state index >= 15 is 0 Å². The molecule has 5 nitrogen and oxygen atoms in total. The standard InChI is InChI=1S/C31H30Cl2N2O3S/c1-5-31(2,3)17-10-12-21-26(14-17)39-29(27(21)30(37)38-4)35-28(36)22-16-25(20-13-11-18(32)15-23(20)33)34-24-9-7-6-8-19(22)24/h6-9,11,13,15-17H,5,10,12,14H2,1-4H3,(H,35,36). The van der Waals surface area contributed by atoms with Crippen LogP contribution in [0.5, 0.6) is 0 Å². The molecule has 5 rings (SSSR count). The molecule has 1 aliphatic rings. The summed E-state index contributed by atoms with van der Waals surface area (Å²) in [5.41, 5.74) is 4.00. The lowest BCUT2D eigenvalue weighted by Gasteiger charge is -2.36. The van der Waals surface area contributed by atoms with Crippen LogP contribution < -0.4 is 5.32 Å². The minimum atomic E-state index is -0.427. The molecule has 0 saturated carbocycles. The smallest absolute Gasteiger partial charge is 0.341 e. The first-order valence-corrected chi connectivity index (χ1v) is 14.6. The second-order valence-electron chi connectivity index (χ2n) is 10.6. The van der Waals surface area contributed by atoms with Crippen molar-refractivity contribution in [1.29, 1.82) is 0 Å². The van der Waals surface area contributed by atoms with Gasteiger partial charge in [0, 0.05) is 20.8 Å². The molecule has 0 aliphatic heterocycles. The molecule has 1 N–H and O–H groups in total. The Balaban J connectivity index is 1.56. The van der Waals surface area contributed by atoms with E-state index in [1.54, 1.807) is 24.3 Å². The van der Waals surface area contributed by atoms with Crippen LogP contribution in [-0.2, 0) is 17.6 Å². The first kappa shape index (κ1) is 27.6. The van der Waals surface area contributed by atoms with Crippen LogP contribution in [0.4, 0.5) is 5.00 Å². The van der Waals surface area contributed by atoms with Crippen molar-refractivity contribution in [3.63, 3.8) is 0 Å². The molecule has 2 aromatic carbocycles. The Morgan fingerprint density at radius 2 is 1.92 bits per heavy atom. The van der Waals surface area contributed by atoms with Crippen LogP contribution in [-0.4, -0.2) is 24.0 Å². The number of benzene rings is 2. The Kier molecular flexibility index (Phi) is 7.73. The van der Waals surface area contributed by atoms with Gasteiger partial charge in [0.15, 0.2) is 0 Å². The number of aromatic nitrogens is 1. The zero-order valence-electron chi connectivity index (χ0n) is 22.4. The van der Waals surface area contributed by atoms with Crippen molar-refractivity contribution < 1.29 is 14.3 Å². The first-order valence-electron chi connectivity index (χ1n) is 13.0. The number of thiophene rings is 1. The van der Waals surface area contributed by atoms with Gasteiger partial charge in [0.25, 0.3) is 5.91 Å². The number of carbonyl (C=O) groups excluding carboxylic acids is 2. The molecule has 1 atom stereocenters. The number of amides is 1. The number of hydrogen-bond donors (Lipinski definition) is 1. The number of halogens is 2. The van der Waals surface area contributed by atoms with Gasteiger partial charge in [-0.15, -0.1) is 11.3 Å². The van der Waals surface area contributed by atoms with Gasteiger partial charge in [-0.25, -0.2) is 9.78 Å². The molecule has 0 radical (unpaired) electrons. The Hall–Kier alpha value is -2.93. The van der Waals surface area contributed by atoms with E-state index in [4.69, 9.17) is 32.9 Å². The second-order valence-corrected chi connectivity index (χ2v) is 12.6. The van der Waals surface area contributed by atoms with Gasteiger partial charge in [-0.05, 0) is 66.5 Å². The molecule has 8 heteroatoms.